The summed E-state index contributed by atoms with van der Waals surface area (Å²) in [6, 6.07) is 6.84. The van der Waals surface area contributed by atoms with Crippen LogP contribution < -0.4 is 0 Å². The summed E-state index contributed by atoms with van der Waals surface area (Å²) in [5.41, 5.74) is 0.727. The van der Waals surface area contributed by atoms with Crippen LogP contribution in [0.15, 0.2) is 24.3 Å². The summed E-state index contributed by atoms with van der Waals surface area (Å²) in [6.07, 6.45) is 0. The first-order valence-corrected chi connectivity index (χ1v) is 4.95. The molecule has 15 heavy (non-hydrogen) atoms. The van der Waals surface area contributed by atoms with Crippen molar-refractivity contribution in [1.29, 1.82) is 0 Å². The van der Waals surface area contributed by atoms with E-state index in [0.717, 1.165) is 5.56 Å². The van der Waals surface area contributed by atoms with E-state index in [1.54, 1.807) is 18.2 Å². The third kappa shape index (κ3) is 2.80. The van der Waals surface area contributed by atoms with E-state index in [-0.39, 0.29) is 0 Å². The second-order valence-corrected chi connectivity index (χ2v) is 3.83. The van der Waals surface area contributed by atoms with Crippen molar-refractivity contribution in [2.75, 3.05) is 6.61 Å². The zero-order chi connectivity index (χ0) is 11.5. The molecule has 0 bridgehead atoms. The van der Waals surface area contributed by atoms with Gasteiger partial charge in [-0.3, -0.25) is 0 Å². The van der Waals surface area contributed by atoms with Gasteiger partial charge < -0.3 is 9.84 Å². The van der Waals surface area contributed by atoms with Crippen LogP contribution >= 0.6 is 0 Å². The number of carbonyl (C=O) groups is 1. The van der Waals surface area contributed by atoms with E-state index in [1.165, 1.54) is 0 Å². The third-order valence-corrected chi connectivity index (χ3v) is 2.31. The van der Waals surface area contributed by atoms with E-state index in [1.807, 2.05) is 26.8 Å². The number of benzene rings is 1. The van der Waals surface area contributed by atoms with Crippen molar-refractivity contribution in [1.82, 2.24) is 0 Å². The van der Waals surface area contributed by atoms with Crippen LogP contribution in [-0.2, 0) is 10.3 Å². The molecule has 0 aliphatic rings. The number of hydrogen-bond donors (Lipinski definition) is 1. The molecule has 3 heteroatoms. The molecule has 0 amide bonds. The van der Waals surface area contributed by atoms with Crippen molar-refractivity contribution in [3.63, 3.8) is 0 Å². The van der Waals surface area contributed by atoms with Gasteiger partial charge in [-0.25, -0.2) is 4.79 Å². The molecule has 3 nitrogen and oxygen atoms in total. The molecular weight excluding hydrogens is 192 g/mol. The van der Waals surface area contributed by atoms with E-state index in [9.17, 15) is 4.79 Å². The molecule has 1 N–H and O–H groups in total. The highest BCUT2D eigenvalue weighted by atomic mass is 16.5. The Morgan fingerprint density at radius 1 is 1.47 bits per heavy atom. The highest BCUT2D eigenvalue weighted by Crippen LogP contribution is 2.25. The van der Waals surface area contributed by atoms with Crippen LogP contribution in [0.3, 0.4) is 0 Å². The molecule has 0 fully saturated rings. The third-order valence-electron chi connectivity index (χ3n) is 2.31. The lowest BCUT2D eigenvalue weighted by Crippen LogP contribution is -2.21. The van der Waals surface area contributed by atoms with Gasteiger partial charge in [-0.05, 0) is 38.5 Å². The zero-order valence-electron chi connectivity index (χ0n) is 9.28. The Labute approximate surface area is 89.7 Å². The van der Waals surface area contributed by atoms with Crippen LogP contribution in [0, 0.1) is 0 Å². The van der Waals surface area contributed by atoms with E-state index >= 15 is 0 Å². The molecule has 0 saturated heterocycles. The molecule has 0 unspecified atom stereocenters. The zero-order valence-corrected chi connectivity index (χ0v) is 9.28. The van der Waals surface area contributed by atoms with Crippen molar-refractivity contribution >= 4 is 5.97 Å². The van der Waals surface area contributed by atoms with Gasteiger partial charge in [-0.2, -0.15) is 0 Å². The normalized spacial score (nSPS) is 11.4. The number of carboxylic acid groups (broad SMARTS) is 1. The van der Waals surface area contributed by atoms with Gasteiger partial charge in [0.05, 0.1) is 11.2 Å². The summed E-state index contributed by atoms with van der Waals surface area (Å²) in [6.45, 7) is 6.38. The fourth-order valence-corrected chi connectivity index (χ4v) is 1.47. The van der Waals surface area contributed by atoms with Crippen LogP contribution in [0.2, 0.25) is 0 Å². The molecule has 1 aromatic rings. The van der Waals surface area contributed by atoms with Gasteiger partial charge >= 0.3 is 5.97 Å². The van der Waals surface area contributed by atoms with Gasteiger partial charge in [0.1, 0.15) is 0 Å². The lowest BCUT2D eigenvalue weighted by molar-refractivity contribution is -0.0140. The van der Waals surface area contributed by atoms with Gasteiger partial charge in [-0.15, -0.1) is 0 Å². The fourth-order valence-electron chi connectivity index (χ4n) is 1.47. The van der Waals surface area contributed by atoms with Crippen LogP contribution in [-0.4, -0.2) is 17.7 Å². The quantitative estimate of drug-likeness (QED) is 0.827. The first kappa shape index (κ1) is 11.7. The number of hydrogen-bond acceptors (Lipinski definition) is 2. The molecule has 1 rings (SSSR count). The van der Waals surface area contributed by atoms with Crippen LogP contribution in [0.5, 0.6) is 0 Å². The Morgan fingerprint density at radius 2 is 2.13 bits per heavy atom. The summed E-state index contributed by atoms with van der Waals surface area (Å²) in [7, 11) is 0. The Kier molecular flexibility index (Phi) is 3.48. The summed E-state index contributed by atoms with van der Waals surface area (Å²) in [5.74, 6) is -0.913. The number of carboxylic acids is 1. The largest absolute Gasteiger partial charge is 0.478 e. The second-order valence-electron chi connectivity index (χ2n) is 3.83. The maximum absolute atomic E-state index is 10.8. The van der Waals surface area contributed by atoms with Crippen molar-refractivity contribution in [2.24, 2.45) is 0 Å². The lowest BCUT2D eigenvalue weighted by atomic mass is 9.96. The minimum Gasteiger partial charge on any atom is -0.478 e. The first-order chi connectivity index (χ1) is 6.97. The molecule has 0 atom stereocenters. The Morgan fingerprint density at radius 3 is 2.67 bits per heavy atom. The number of ether oxygens (including phenoxy) is 1. The van der Waals surface area contributed by atoms with E-state index in [4.69, 9.17) is 9.84 Å². The predicted octanol–water partition coefficient (Wildman–Crippen LogP) is 2.66. The SMILES string of the molecule is CCOC(C)(C)c1cccc(C(=O)O)c1. The Bertz CT molecular complexity index is 356. The molecule has 82 valence electrons. The lowest BCUT2D eigenvalue weighted by Gasteiger charge is -2.25. The van der Waals surface area contributed by atoms with Crippen LogP contribution in [0.25, 0.3) is 0 Å². The second kappa shape index (κ2) is 4.45. The number of aromatic carboxylic acids is 1. The van der Waals surface area contributed by atoms with E-state index in [2.05, 4.69) is 0 Å². The van der Waals surface area contributed by atoms with E-state index in [0.29, 0.717) is 12.2 Å². The molecule has 0 heterocycles. The van der Waals surface area contributed by atoms with Gasteiger partial charge in [0.2, 0.25) is 0 Å². The standard InChI is InChI=1S/C12H16O3/c1-4-15-12(2,3)10-7-5-6-9(8-10)11(13)14/h5-8H,4H2,1-3H3,(H,13,14). The van der Waals surface area contributed by atoms with Gasteiger partial charge in [0, 0.05) is 6.61 Å². The maximum atomic E-state index is 10.8. The molecule has 0 aliphatic heterocycles. The molecule has 0 spiro atoms. The minimum atomic E-state index is -0.913. The highest BCUT2D eigenvalue weighted by molar-refractivity contribution is 5.87. The van der Waals surface area contributed by atoms with Gasteiger partial charge in [0.15, 0.2) is 0 Å². The first-order valence-electron chi connectivity index (χ1n) is 4.95. The number of rotatable bonds is 4. The van der Waals surface area contributed by atoms with Crippen molar-refractivity contribution in [2.45, 2.75) is 26.4 Å². The summed E-state index contributed by atoms with van der Waals surface area (Å²) in [4.78, 5) is 10.8. The van der Waals surface area contributed by atoms with Crippen LogP contribution in [0.4, 0.5) is 0 Å². The van der Waals surface area contributed by atoms with Crippen molar-refractivity contribution < 1.29 is 14.6 Å². The fraction of sp³-hybridized carbons (Fsp3) is 0.417. The van der Waals surface area contributed by atoms with E-state index < -0.39 is 11.6 Å². The maximum Gasteiger partial charge on any atom is 0.335 e. The average Bonchev–Trinajstić information content (AvgIpc) is 2.18. The molecule has 0 aromatic heterocycles. The Balaban J connectivity index is 3.04. The minimum absolute atomic E-state index is 0.292. The summed E-state index contributed by atoms with van der Waals surface area (Å²) < 4.78 is 5.56. The topological polar surface area (TPSA) is 46.5 Å². The average molecular weight is 208 g/mol. The van der Waals surface area contributed by atoms with Gasteiger partial charge in [0.25, 0.3) is 0 Å². The highest BCUT2D eigenvalue weighted by Gasteiger charge is 2.21. The summed E-state index contributed by atoms with van der Waals surface area (Å²) in [5, 5.41) is 8.86. The molecular formula is C12H16O3. The predicted molar refractivity (Wildman–Crippen MR) is 58.1 cm³/mol. The van der Waals surface area contributed by atoms with Crippen LogP contribution in [0.1, 0.15) is 36.7 Å². The monoisotopic (exact) mass is 208 g/mol. The summed E-state index contributed by atoms with van der Waals surface area (Å²) >= 11 is 0. The van der Waals surface area contributed by atoms with Crippen molar-refractivity contribution in [3.05, 3.63) is 35.4 Å². The van der Waals surface area contributed by atoms with Gasteiger partial charge in [-0.1, -0.05) is 12.1 Å². The molecule has 1 aromatic carbocycles. The molecule has 0 saturated carbocycles. The molecule has 0 radical (unpaired) electrons. The molecule has 0 aliphatic carbocycles. The van der Waals surface area contributed by atoms with Crippen molar-refractivity contribution in [3.8, 4) is 0 Å². The Hall–Kier alpha value is -1.35. The smallest absolute Gasteiger partial charge is 0.335 e.